The molecule has 1 fully saturated rings. The highest BCUT2D eigenvalue weighted by molar-refractivity contribution is 7.20. The van der Waals surface area contributed by atoms with Gasteiger partial charge in [-0.2, -0.15) is 0 Å². The second-order valence-electron chi connectivity index (χ2n) is 2.87. The molecular weight excluding hydrogens is 157 g/mol. The van der Waals surface area contributed by atoms with Gasteiger partial charge in [0.25, 0.3) is 0 Å². The Kier molecular flexibility index (Phi) is 1.57. The molecule has 0 amide bonds. The lowest BCUT2D eigenvalue weighted by molar-refractivity contribution is 0.112. The van der Waals surface area contributed by atoms with E-state index in [2.05, 4.69) is 4.98 Å². The second-order valence-corrected chi connectivity index (χ2v) is 4.11. The number of nitrogens with zero attached hydrogens (tertiary/aromatic N) is 1. The van der Waals surface area contributed by atoms with Crippen LogP contribution >= 0.6 is 11.3 Å². The summed E-state index contributed by atoms with van der Waals surface area (Å²) in [6, 6.07) is 0. The van der Waals surface area contributed by atoms with Crippen LogP contribution in [0.1, 0.15) is 34.1 Å². The molecule has 56 valence electrons. The molecule has 2 rings (SSSR count). The Morgan fingerprint density at radius 1 is 1.64 bits per heavy atom. The maximum atomic E-state index is 10.5. The Balaban J connectivity index is 2.41. The average molecular weight is 165 g/mol. The predicted octanol–water partition coefficient (Wildman–Crippen LogP) is 0.0914. The van der Waals surface area contributed by atoms with Crippen molar-refractivity contribution in [1.29, 1.82) is 0 Å². The van der Waals surface area contributed by atoms with Crippen molar-refractivity contribution in [2.45, 2.75) is 18.8 Å². The highest BCUT2D eigenvalue weighted by atomic mass is 32.1. The highest BCUT2D eigenvalue weighted by Gasteiger charge is 2.28. The molecule has 0 N–H and O–H groups in total. The number of thiazole rings is 1. The summed E-state index contributed by atoms with van der Waals surface area (Å²) in [5.41, 5.74) is 1.04. The molecule has 1 aliphatic carbocycles. The molecule has 2 nitrogen and oxygen atoms in total. The minimum atomic E-state index is 0.597. The summed E-state index contributed by atoms with van der Waals surface area (Å²) in [6.07, 6.45) is 3.35. The first kappa shape index (κ1) is 7.04. The molecule has 4 heteroatoms. The van der Waals surface area contributed by atoms with E-state index in [1.54, 1.807) is 0 Å². The van der Waals surface area contributed by atoms with Gasteiger partial charge < -0.3 is 0 Å². The first-order chi connectivity index (χ1) is 5.31. The lowest BCUT2D eigenvalue weighted by atomic mass is 10.2. The summed E-state index contributed by atoms with van der Waals surface area (Å²) in [7, 11) is 1.95. The highest BCUT2D eigenvalue weighted by Crippen LogP contribution is 2.40. The van der Waals surface area contributed by atoms with Crippen LogP contribution in [0.2, 0.25) is 0 Å². The van der Waals surface area contributed by atoms with Gasteiger partial charge in [0.1, 0.15) is 0 Å². The molecule has 0 spiro atoms. The summed E-state index contributed by atoms with van der Waals surface area (Å²) in [4.78, 5) is 16.7. The van der Waals surface area contributed by atoms with Crippen LogP contribution in [0.5, 0.6) is 0 Å². The SMILES string of the molecule is Bc1nc(C2CC2)c(C=O)s1. The fraction of sp³-hybridized carbons (Fsp3) is 0.429. The van der Waals surface area contributed by atoms with Gasteiger partial charge in [0.15, 0.2) is 14.1 Å². The molecule has 1 aromatic heterocycles. The zero-order chi connectivity index (χ0) is 7.84. The van der Waals surface area contributed by atoms with E-state index in [1.165, 1.54) is 24.2 Å². The summed E-state index contributed by atoms with van der Waals surface area (Å²) in [6.45, 7) is 0. The van der Waals surface area contributed by atoms with Crippen LogP contribution in [0.3, 0.4) is 0 Å². The molecule has 0 atom stereocenters. The number of aromatic nitrogens is 1. The van der Waals surface area contributed by atoms with Crippen LogP contribution in [0.25, 0.3) is 0 Å². The largest absolute Gasteiger partial charge is 0.297 e. The van der Waals surface area contributed by atoms with Crippen molar-refractivity contribution in [2.75, 3.05) is 0 Å². The van der Waals surface area contributed by atoms with Crippen molar-refractivity contribution in [2.24, 2.45) is 0 Å². The number of hydrogen-bond donors (Lipinski definition) is 0. The van der Waals surface area contributed by atoms with Gasteiger partial charge in [-0.1, -0.05) is 0 Å². The monoisotopic (exact) mass is 165 g/mol. The van der Waals surface area contributed by atoms with E-state index in [0.29, 0.717) is 5.92 Å². The maximum Gasteiger partial charge on any atom is 0.177 e. The standard InChI is InChI=1S/C7H8BNOS/c8-7-9-6(4-1-2-4)5(3-10)11-7/h3-4H,1-2,8H2. The van der Waals surface area contributed by atoms with Crippen LogP contribution in [0, 0.1) is 0 Å². The average Bonchev–Trinajstić information content (AvgIpc) is 2.75. The molecule has 0 aliphatic heterocycles. The Bertz CT molecular complexity index is 293. The number of carbonyl (C=O) groups is 1. The van der Waals surface area contributed by atoms with Crippen LogP contribution in [0.4, 0.5) is 0 Å². The van der Waals surface area contributed by atoms with Crippen molar-refractivity contribution in [1.82, 2.24) is 4.98 Å². The second kappa shape index (κ2) is 2.45. The first-order valence-corrected chi connectivity index (χ1v) is 4.55. The van der Waals surface area contributed by atoms with Gasteiger partial charge in [-0.05, 0) is 12.8 Å². The molecule has 1 heterocycles. The topological polar surface area (TPSA) is 30.0 Å². The Morgan fingerprint density at radius 3 is 2.91 bits per heavy atom. The van der Waals surface area contributed by atoms with Gasteiger partial charge in [0.2, 0.25) is 0 Å². The van der Waals surface area contributed by atoms with E-state index >= 15 is 0 Å². The number of aldehydes is 1. The number of carbonyl (C=O) groups excluding carboxylic acids is 1. The fourth-order valence-corrected chi connectivity index (χ4v) is 2.02. The van der Waals surface area contributed by atoms with Crippen molar-refractivity contribution < 1.29 is 4.79 Å². The van der Waals surface area contributed by atoms with Crippen molar-refractivity contribution in [3.8, 4) is 0 Å². The van der Waals surface area contributed by atoms with Crippen LogP contribution < -0.4 is 4.91 Å². The molecule has 1 aromatic rings. The third-order valence-corrected chi connectivity index (χ3v) is 2.77. The van der Waals surface area contributed by atoms with E-state index in [9.17, 15) is 4.79 Å². The first-order valence-electron chi connectivity index (χ1n) is 3.74. The summed E-state index contributed by atoms with van der Waals surface area (Å²) < 4.78 is 0. The molecule has 1 saturated carbocycles. The molecule has 0 saturated heterocycles. The molecule has 0 radical (unpaired) electrons. The zero-order valence-electron chi connectivity index (χ0n) is 6.33. The minimum absolute atomic E-state index is 0.597. The molecule has 0 unspecified atom stereocenters. The normalized spacial score (nSPS) is 16.7. The Morgan fingerprint density at radius 2 is 2.36 bits per heavy atom. The quantitative estimate of drug-likeness (QED) is 0.459. The Hall–Kier alpha value is -0.635. The van der Waals surface area contributed by atoms with E-state index in [1.807, 2.05) is 7.85 Å². The molecule has 0 aromatic carbocycles. The van der Waals surface area contributed by atoms with Crippen molar-refractivity contribution in [3.05, 3.63) is 10.6 Å². The van der Waals surface area contributed by atoms with E-state index in [-0.39, 0.29) is 0 Å². The summed E-state index contributed by atoms with van der Waals surface area (Å²) >= 11 is 1.50. The maximum absolute atomic E-state index is 10.5. The molecule has 0 bridgehead atoms. The van der Waals surface area contributed by atoms with Gasteiger partial charge in [-0.15, -0.1) is 11.3 Å². The summed E-state index contributed by atoms with van der Waals surface area (Å²) in [5, 5.41) is 0. The van der Waals surface area contributed by atoms with Gasteiger partial charge >= 0.3 is 0 Å². The van der Waals surface area contributed by atoms with Crippen molar-refractivity contribution in [3.63, 3.8) is 0 Å². The minimum Gasteiger partial charge on any atom is -0.297 e. The van der Waals surface area contributed by atoms with Gasteiger partial charge in [-0.25, -0.2) is 0 Å². The molecule has 11 heavy (non-hydrogen) atoms. The lowest BCUT2D eigenvalue weighted by Crippen LogP contribution is -1.98. The van der Waals surface area contributed by atoms with Gasteiger partial charge in [-0.3, -0.25) is 9.78 Å². The van der Waals surface area contributed by atoms with E-state index < -0.39 is 0 Å². The summed E-state index contributed by atoms with van der Waals surface area (Å²) in [5.74, 6) is 0.597. The van der Waals surface area contributed by atoms with Crippen LogP contribution in [-0.4, -0.2) is 19.1 Å². The molecular formula is C7H8BNOS. The smallest absolute Gasteiger partial charge is 0.177 e. The third-order valence-electron chi connectivity index (χ3n) is 1.86. The van der Waals surface area contributed by atoms with Gasteiger partial charge in [0, 0.05) is 10.8 Å². The number of rotatable bonds is 2. The van der Waals surface area contributed by atoms with Crippen molar-refractivity contribution >= 4 is 30.4 Å². The van der Waals surface area contributed by atoms with E-state index in [0.717, 1.165) is 21.8 Å². The van der Waals surface area contributed by atoms with E-state index in [4.69, 9.17) is 0 Å². The zero-order valence-corrected chi connectivity index (χ0v) is 7.15. The van der Waals surface area contributed by atoms with Gasteiger partial charge in [0.05, 0.1) is 10.6 Å². The lowest BCUT2D eigenvalue weighted by Gasteiger charge is -1.88. The third kappa shape index (κ3) is 1.22. The number of hydrogen-bond acceptors (Lipinski definition) is 3. The van der Waals surface area contributed by atoms with Crippen LogP contribution in [-0.2, 0) is 0 Å². The Labute approximate surface area is 70.1 Å². The van der Waals surface area contributed by atoms with Crippen LogP contribution in [0.15, 0.2) is 0 Å². The fourth-order valence-electron chi connectivity index (χ4n) is 1.19. The predicted molar refractivity (Wildman–Crippen MR) is 47.7 cm³/mol. The molecule has 1 aliphatic rings.